The van der Waals surface area contributed by atoms with Crippen LogP contribution in [0.1, 0.15) is 41.5 Å². The Morgan fingerprint density at radius 3 is 2.49 bits per heavy atom. The summed E-state index contributed by atoms with van der Waals surface area (Å²) in [4.78, 5) is 28.8. The number of carbonyl (C=O) groups is 1. The molecule has 2 aliphatic rings. The van der Waals surface area contributed by atoms with Crippen molar-refractivity contribution in [2.24, 2.45) is 10.9 Å². The van der Waals surface area contributed by atoms with Crippen molar-refractivity contribution in [2.75, 3.05) is 24.7 Å². The highest BCUT2D eigenvalue weighted by Gasteiger charge is 2.31. The molecule has 3 aromatic carbocycles. The van der Waals surface area contributed by atoms with Crippen LogP contribution in [0.5, 0.6) is 0 Å². The predicted molar refractivity (Wildman–Crippen MR) is 172 cm³/mol. The van der Waals surface area contributed by atoms with Gasteiger partial charge in [0.15, 0.2) is 5.96 Å². The number of benzene rings is 3. The summed E-state index contributed by atoms with van der Waals surface area (Å²) in [6.07, 6.45) is 4.22. The highest BCUT2D eigenvalue weighted by molar-refractivity contribution is 6.17. The number of carbonyl (C=O) groups excluding carboxylic acids is 1. The van der Waals surface area contributed by atoms with Gasteiger partial charge in [0, 0.05) is 46.2 Å². The fourth-order valence-electron chi connectivity index (χ4n) is 5.93. The Balaban J connectivity index is 1.20. The first-order valence-electron chi connectivity index (χ1n) is 14.8. The zero-order valence-corrected chi connectivity index (χ0v) is 25.3. The standard InChI is InChI=1S/C34H34F2N8O/c1-19-10-13-25-26(14-19)31(29-27(35)8-5-9-28(29)36)38-17-21-18-39-34(42-30(21)25)41-23-7-4-6-22(16-23)40-33(37)43-32(45)20-11-12-24(15-20)44(2)3/h4-10,13-14,16,18,20,24H,11-12,15,17H2,1-3H3,(H,39,41,42)(H3,37,40,43,45). The summed E-state index contributed by atoms with van der Waals surface area (Å²) >= 11 is 0. The highest BCUT2D eigenvalue weighted by Crippen LogP contribution is 2.34. The molecule has 0 saturated heterocycles. The van der Waals surface area contributed by atoms with Crippen LogP contribution in [0.3, 0.4) is 0 Å². The van der Waals surface area contributed by atoms with Crippen LogP contribution in [0.25, 0.3) is 11.3 Å². The van der Waals surface area contributed by atoms with E-state index in [0.717, 1.165) is 30.4 Å². The van der Waals surface area contributed by atoms with Crippen LogP contribution in [-0.4, -0.2) is 52.6 Å². The van der Waals surface area contributed by atoms with Crippen LogP contribution < -0.4 is 16.0 Å². The summed E-state index contributed by atoms with van der Waals surface area (Å²) in [5, 5.41) is 17.1. The van der Waals surface area contributed by atoms with Crippen molar-refractivity contribution < 1.29 is 13.6 Å². The van der Waals surface area contributed by atoms with Crippen LogP contribution >= 0.6 is 0 Å². The topological polar surface area (TPSA) is 118 Å². The second-order valence-corrected chi connectivity index (χ2v) is 11.7. The molecule has 6 rings (SSSR count). The molecule has 1 saturated carbocycles. The fraction of sp³-hybridized carbons (Fsp3) is 0.265. The predicted octanol–water partition coefficient (Wildman–Crippen LogP) is 6.02. The Bertz CT molecular complexity index is 1800. The molecule has 0 bridgehead atoms. The van der Waals surface area contributed by atoms with Gasteiger partial charge in [-0.1, -0.05) is 29.8 Å². The van der Waals surface area contributed by atoms with Crippen LogP contribution in [0.2, 0.25) is 0 Å². The molecule has 1 amide bonds. The number of aryl methyl sites for hydroxylation is 1. The molecular formula is C34H34F2N8O. The Hall–Kier alpha value is -5.03. The number of anilines is 3. The summed E-state index contributed by atoms with van der Waals surface area (Å²) < 4.78 is 29.8. The van der Waals surface area contributed by atoms with Crippen molar-refractivity contribution in [2.45, 2.75) is 38.8 Å². The number of halogens is 2. The number of nitrogens with one attached hydrogen (secondary N) is 4. The van der Waals surface area contributed by atoms with Crippen molar-refractivity contribution in [3.8, 4) is 11.3 Å². The first-order chi connectivity index (χ1) is 21.7. The average molecular weight is 609 g/mol. The molecule has 4 aromatic rings. The third-order valence-corrected chi connectivity index (χ3v) is 8.30. The Labute approximate surface area is 260 Å². The SMILES string of the molecule is Cc1ccc2c(c1)C(c1c(F)cccc1F)=NCc1cnc(Nc3cccc(NC(=N)NC(=O)C4CCC(N(C)C)C4)c3)nc1-2. The molecule has 1 fully saturated rings. The summed E-state index contributed by atoms with van der Waals surface area (Å²) in [5.74, 6) is -1.40. The maximum absolute atomic E-state index is 14.9. The molecule has 11 heteroatoms. The van der Waals surface area contributed by atoms with Gasteiger partial charge in [0.25, 0.3) is 0 Å². The maximum atomic E-state index is 14.9. The van der Waals surface area contributed by atoms with E-state index in [4.69, 9.17) is 10.4 Å². The lowest BCUT2D eigenvalue weighted by Crippen LogP contribution is -2.39. The average Bonchev–Trinajstić information content (AvgIpc) is 3.45. The molecule has 2 atom stereocenters. The fourth-order valence-corrected chi connectivity index (χ4v) is 5.93. The van der Waals surface area contributed by atoms with E-state index in [1.165, 1.54) is 18.2 Å². The van der Waals surface area contributed by atoms with Crippen LogP contribution in [0.4, 0.5) is 26.1 Å². The minimum absolute atomic E-state index is 0.0965. The smallest absolute Gasteiger partial charge is 0.229 e. The van der Waals surface area contributed by atoms with Gasteiger partial charge in [0.1, 0.15) is 11.6 Å². The van der Waals surface area contributed by atoms with Crippen molar-refractivity contribution in [1.82, 2.24) is 20.2 Å². The molecule has 1 aliphatic heterocycles. The number of guanidine groups is 1. The summed E-state index contributed by atoms with van der Waals surface area (Å²) in [6.45, 7) is 2.06. The number of nitrogens with zero attached hydrogens (tertiary/aromatic N) is 4. The van der Waals surface area contributed by atoms with E-state index in [1.54, 1.807) is 18.3 Å². The van der Waals surface area contributed by atoms with E-state index in [-0.39, 0.29) is 35.6 Å². The largest absolute Gasteiger partial charge is 0.326 e. The monoisotopic (exact) mass is 608 g/mol. The first kappa shape index (κ1) is 30.0. The van der Waals surface area contributed by atoms with Crippen molar-refractivity contribution in [3.63, 3.8) is 0 Å². The van der Waals surface area contributed by atoms with Gasteiger partial charge in [-0.25, -0.2) is 18.7 Å². The van der Waals surface area contributed by atoms with Gasteiger partial charge in [-0.15, -0.1) is 0 Å². The summed E-state index contributed by atoms with van der Waals surface area (Å²) in [6, 6.07) is 17.1. The summed E-state index contributed by atoms with van der Waals surface area (Å²) in [5.41, 5.74) is 4.85. The van der Waals surface area contributed by atoms with E-state index in [2.05, 4.69) is 30.8 Å². The molecular weight excluding hydrogens is 574 g/mol. The van der Waals surface area contributed by atoms with Crippen LogP contribution in [-0.2, 0) is 11.3 Å². The molecule has 1 aliphatic carbocycles. The third kappa shape index (κ3) is 6.44. The van der Waals surface area contributed by atoms with Crippen LogP contribution in [0, 0.1) is 29.9 Å². The molecule has 2 unspecified atom stereocenters. The molecule has 0 spiro atoms. The first-order valence-corrected chi connectivity index (χ1v) is 14.8. The number of hydrogen-bond donors (Lipinski definition) is 4. The lowest BCUT2D eigenvalue weighted by Gasteiger charge is -2.19. The van der Waals surface area contributed by atoms with E-state index >= 15 is 0 Å². The normalized spacial score (nSPS) is 17.2. The maximum Gasteiger partial charge on any atom is 0.229 e. The second kappa shape index (κ2) is 12.5. The van der Waals surface area contributed by atoms with Gasteiger partial charge in [-0.2, -0.15) is 0 Å². The Morgan fingerprint density at radius 2 is 1.73 bits per heavy atom. The molecule has 0 radical (unpaired) electrons. The van der Waals surface area contributed by atoms with Gasteiger partial charge < -0.3 is 15.5 Å². The third-order valence-electron chi connectivity index (χ3n) is 8.30. The molecule has 9 nitrogen and oxygen atoms in total. The lowest BCUT2D eigenvalue weighted by molar-refractivity contribution is -0.123. The van der Waals surface area contributed by atoms with Gasteiger partial charge in [0.05, 0.1) is 23.5 Å². The van der Waals surface area contributed by atoms with Crippen molar-refractivity contribution in [1.29, 1.82) is 5.41 Å². The highest BCUT2D eigenvalue weighted by atomic mass is 19.1. The number of hydrogen-bond acceptors (Lipinski definition) is 7. The van der Waals surface area contributed by atoms with E-state index in [0.29, 0.717) is 40.2 Å². The minimum Gasteiger partial charge on any atom is -0.326 e. The zero-order chi connectivity index (χ0) is 31.7. The van der Waals surface area contributed by atoms with Gasteiger partial charge in [-0.3, -0.25) is 20.5 Å². The summed E-state index contributed by atoms with van der Waals surface area (Å²) in [7, 11) is 4.04. The molecule has 45 heavy (non-hydrogen) atoms. The Morgan fingerprint density at radius 1 is 0.978 bits per heavy atom. The van der Waals surface area contributed by atoms with Crippen LogP contribution in [0.15, 0.2) is 71.9 Å². The van der Waals surface area contributed by atoms with E-state index in [1.807, 2.05) is 51.4 Å². The van der Waals surface area contributed by atoms with Crippen molar-refractivity contribution in [3.05, 3.63) is 101 Å². The van der Waals surface area contributed by atoms with Gasteiger partial charge in [0.2, 0.25) is 11.9 Å². The quantitative estimate of drug-likeness (QED) is 0.157. The molecule has 1 aromatic heterocycles. The van der Waals surface area contributed by atoms with Gasteiger partial charge in [-0.05, 0) is 76.7 Å². The number of fused-ring (bicyclic) bond motifs is 3. The Kier molecular flexibility index (Phi) is 8.36. The zero-order valence-electron chi connectivity index (χ0n) is 25.3. The molecule has 4 N–H and O–H groups in total. The minimum atomic E-state index is -0.682. The second-order valence-electron chi connectivity index (χ2n) is 11.7. The molecule has 2 heterocycles. The van der Waals surface area contributed by atoms with E-state index < -0.39 is 11.6 Å². The number of aliphatic imine (C=N–C) groups is 1. The van der Waals surface area contributed by atoms with E-state index in [9.17, 15) is 13.6 Å². The van der Waals surface area contributed by atoms with Gasteiger partial charge >= 0.3 is 0 Å². The lowest BCUT2D eigenvalue weighted by atomic mass is 9.93. The number of amides is 1. The van der Waals surface area contributed by atoms with Crippen molar-refractivity contribution >= 4 is 34.9 Å². The number of aromatic nitrogens is 2. The molecule has 230 valence electrons. The number of rotatable bonds is 6.